The van der Waals surface area contributed by atoms with Gasteiger partial charge in [-0.05, 0) is 41.5 Å². The maximum Gasteiger partial charge on any atom is 0.212 e. The summed E-state index contributed by atoms with van der Waals surface area (Å²) in [6.45, 7) is 0. The predicted octanol–water partition coefficient (Wildman–Crippen LogP) is 5.30. The first kappa shape index (κ1) is 17.8. The summed E-state index contributed by atoms with van der Waals surface area (Å²) in [7, 11) is 1.60. The summed E-state index contributed by atoms with van der Waals surface area (Å²) in [6.07, 6.45) is 3.58. The number of hydrogen-bond donors (Lipinski definition) is 2. The van der Waals surface area contributed by atoms with E-state index >= 15 is 0 Å². The van der Waals surface area contributed by atoms with Gasteiger partial charge in [-0.1, -0.05) is 12.1 Å². The number of fused-ring (bicyclic) bond motifs is 2. The fraction of sp³-hybridized carbons (Fsp3) is 0.0435. The molecule has 6 rings (SSSR count). The Balaban J connectivity index is 1.37. The topological polar surface area (TPSA) is 92.4 Å². The third-order valence-electron chi connectivity index (χ3n) is 5.18. The molecular formula is C23H16N6OS. The third-order valence-corrected chi connectivity index (χ3v) is 5.96. The van der Waals surface area contributed by atoms with Crippen molar-refractivity contribution in [1.29, 1.82) is 0 Å². The Morgan fingerprint density at radius 3 is 2.06 bits per heavy atom. The summed E-state index contributed by atoms with van der Waals surface area (Å²) in [5.41, 5.74) is 8.74. The van der Waals surface area contributed by atoms with Crippen LogP contribution in [0.1, 0.15) is 0 Å². The van der Waals surface area contributed by atoms with Crippen LogP contribution in [0.4, 0.5) is 0 Å². The molecule has 0 unspecified atom stereocenters. The number of nitrogens with zero attached hydrogens (tertiary/aromatic N) is 4. The normalized spacial score (nSPS) is 11.4. The fourth-order valence-electron chi connectivity index (χ4n) is 3.61. The Kier molecular flexibility index (Phi) is 4.03. The van der Waals surface area contributed by atoms with Gasteiger partial charge in [0.1, 0.15) is 11.6 Å². The number of thiazole rings is 1. The molecule has 0 atom stereocenters. The van der Waals surface area contributed by atoms with E-state index in [0.717, 1.165) is 55.3 Å². The van der Waals surface area contributed by atoms with Gasteiger partial charge in [-0.15, -0.1) is 11.3 Å². The Morgan fingerprint density at radius 2 is 1.45 bits per heavy atom. The van der Waals surface area contributed by atoms with Crippen LogP contribution in [0, 0.1) is 0 Å². The zero-order valence-corrected chi connectivity index (χ0v) is 17.3. The molecular weight excluding hydrogens is 408 g/mol. The minimum atomic E-state index is 0.579. The zero-order chi connectivity index (χ0) is 20.8. The van der Waals surface area contributed by atoms with E-state index in [1.807, 2.05) is 36.0 Å². The lowest BCUT2D eigenvalue weighted by Gasteiger charge is -2.01. The average molecular weight is 424 g/mol. The summed E-state index contributed by atoms with van der Waals surface area (Å²) in [4.78, 5) is 25.6. The second kappa shape index (κ2) is 7.03. The van der Waals surface area contributed by atoms with Gasteiger partial charge in [-0.3, -0.25) is 4.98 Å². The van der Waals surface area contributed by atoms with Gasteiger partial charge >= 0.3 is 0 Å². The number of imidazole rings is 2. The van der Waals surface area contributed by atoms with Gasteiger partial charge in [0.05, 0.1) is 39.6 Å². The van der Waals surface area contributed by atoms with Gasteiger partial charge < -0.3 is 14.7 Å². The standard InChI is InChI=1S/C23H16N6OS/c1-30-21-7-4-15(10-25-21)22-26-16-5-2-13(8-18(16)28-22)14-3-6-17-19(9-14)29-23(27-17)20-11-24-12-31-20/h2-12H,1H3,(H,26,28)(H,27,29). The van der Waals surface area contributed by atoms with Crippen LogP contribution < -0.4 is 4.74 Å². The van der Waals surface area contributed by atoms with E-state index < -0.39 is 0 Å². The van der Waals surface area contributed by atoms with Gasteiger partial charge in [0, 0.05) is 24.0 Å². The van der Waals surface area contributed by atoms with Crippen molar-refractivity contribution in [3.05, 3.63) is 66.4 Å². The van der Waals surface area contributed by atoms with Crippen molar-refractivity contribution in [1.82, 2.24) is 29.9 Å². The Morgan fingerprint density at radius 1 is 0.774 bits per heavy atom. The van der Waals surface area contributed by atoms with Crippen LogP contribution in [0.25, 0.3) is 55.3 Å². The molecule has 150 valence electrons. The number of aromatic nitrogens is 6. The zero-order valence-electron chi connectivity index (χ0n) is 16.5. The smallest absolute Gasteiger partial charge is 0.212 e. The van der Waals surface area contributed by atoms with Crippen LogP contribution in [0.3, 0.4) is 0 Å². The van der Waals surface area contributed by atoms with Gasteiger partial charge in [0.25, 0.3) is 0 Å². The first-order valence-corrected chi connectivity index (χ1v) is 10.5. The molecule has 4 heterocycles. The van der Waals surface area contributed by atoms with Crippen LogP contribution >= 0.6 is 11.3 Å². The predicted molar refractivity (Wildman–Crippen MR) is 122 cm³/mol. The van der Waals surface area contributed by atoms with Crippen LogP contribution in [-0.4, -0.2) is 37.0 Å². The van der Waals surface area contributed by atoms with E-state index in [9.17, 15) is 0 Å². The Labute approximate surface area is 180 Å². The first-order valence-electron chi connectivity index (χ1n) is 9.66. The number of ether oxygens (including phenoxy) is 1. The number of hydrogen-bond acceptors (Lipinski definition) is 6. The summed E-state index contributed by atoms with van der Waals surface area (Å²) < 4.78 is 5.13. The van der Waals surface area contributed by atoms with Gasteiger partial charge in [-0.2, -0.15) is 0 Å². The molecule has 0 amide bonds. The van der Waals surface area contributed by atoms with Gasteiger partial charge in [0.15, 0.2) is 0 Å². The molecule has 7 nitrogen and oxygen atoms in total. The number of benzene rings is 2. The Bertz CT molecular complexity index is 1520. The molecule has 0 fully saturated rings. The molecule has 2 aromatic carbocycles. The second-order valence-electron chi connectivity index (χ2n) is 7.09. The van der Waals surface area contributed by atoms with Crippen molar-refractivity contribution in [2.24, 2.45) is 0 Å². The summed E-state index contributed by atoms with van der Waals surface area (Å²) in [5.74, 6) is 2.20. The molecule has 4 aromatic heterocycles. The van der Waals surface area contributed by atoms with Crippen LogP contribution in [-0.2, 0) is 0 Å². The molecule has 0 spiro atoms. The number of pyridine rings is 1. The highest BCUT2D eigenvalue weighted by Crippen LogP contribution is 2.29. The molecule has 8 heteroatoms. The second-order valence-corrected chi connectivity index (χ2v) is 7.98. The highest BCUT2D eigenvalue weighted by Gasteiger charge is 2.10. The molecule has 2 N–H and O–H groups in total. The Hall–Kier alpha value is -4.04. The lowest BCUT2D eigenvalue weighted by Crippen LogP contribution is -1.87. The van der Waals surface area contributed by atoms with Crippen molar-refractivity contribution in [2.75, 3.05) is 7.11 Å². The first-order chi connectivity index (χ1) is 15.3. The van der Waals surface area contributed by atoms with Crippen molar-refractivity contribution in [2.45, 2.75) is 0 Å². The summed E-state index contributed by atoms with van der Waals surface area (Å²) in [5, 5.41) is 0. The minimum absolute atomic E-state index is 0.579. The molecule has 0 saturated heterocycles. The van der Waals surface area contributed by atoms with Gasteiger partial charge in [-0.25, -0.2) is 15.0 Å². The van der Waals surface area contributed by atoms with Crippen LogP contribution in [0.2, 0.25) is 0 Å². The maximum absolute atomic E-state index is 5.13. The van der Waals surface area contributed by atoms with Crippen molar-refractivity contribution in [3.63, 3.8) is 0 Å². The quantitative estimate of drug-likeness (QED) is 0.401. The average Bonchev–Trinajstić information content (AvgIpc) is 3.57. The molecule has 0 aliphatic carbocycles. The van der Waals surface area contributed by atoms with Crippen molar-refractivity contribution < 1.29 is 4.74 Å². The number of rotatable bonds is 4. The van der Waals surface area contributed by atoms with Crippen LogP contribution in [0.15, 0.2) is 66.4 Å². The number of aromatic amines is 2. The van der Waals surface area contributed by atoms with E-state index in [4.69, 9.17) is 9.72 Å². The van der Waals surface area contributed by atoms with E-state index in [0.29, 0.717) is 5.88 Å². The molecule has 0 saturated carbocycles. The fourth-order valence-corrected chi connectivity index (χ4v) is 4.17. The molecule has 0 aliphatic heterocycles. The number of nitrogens with one attached hydrogen (secondary N) is 2. The highest BCUT2D eigenvalue weighted by atomic mass is 32.1. The molecule has 6 aromatic rings. The van der Waals surface area contributed by atoms with E-state index in [1.54, 1.807) is 24.6 Å². The highest BCUT2D eigenvalue weighted by molar-refractivity contribution is 7.13. The van der Waals surface area contributed by atoms with Crippen LogP contribution in [0.5, 0.6) is 5.88 Å². The largest absolute Gasteiger partial charge is 0.481 e. The summed E-state index contributed by atoms with van der Waals surface area (Å²) in [6, 6.07) is 16.2. The van der Waals surface area contributed by atoms with Gasteiger partial charge in [0.2, 0.25) is 5.88 Å². The van der Waals surface area contributed by atoms with E-state index in [2.05, 4.69) is 49.2 Å². The minimum Gasteiger partial charge on any atom is -0.481 e. The SMILES string of the molecule is COc1ccc(-c2nc3ccc(-c4ccc5nc(-c6cncs6)[nH]c5c4)cc3[nH]2)cn1. The van der Waals surface area contributed by atoms with E-state index in [1.165, 1.54) is 0 Å². The summed E-state index contributed by atoms with van der Waals surface area (Å²) >= 11 is 1.57. The lowest BCUT2D eigenvalue weighted by atomic mass is 10.0. The lowest BCUT2D eigenvalue weighted by molar-refractivity contribution is 0.398. The molecule has 0 radical (unpaired) electrons. The number of methoxy groups -OCH3 is 1. The maximum atomic E-state index is 5.13. The van der Waals surface area contributed by atoms with E-state index in [-0.39, 0.29) is 0 Å². The molecule has 0 aliphatic rings. The third kappa shape index (κ3) is 3.13. The van der Waals surface area contributed by atoms with Crippen molar-refractivity contribution >= 4 is 33.4 Å². The monoisotopic (exact) mass is 424 g/mol. The number of H-pyrrole nitrogens is 2. The molecule has 0 bridgehead atoms. The van der Waals surface area contributed by atoms with Crippen molar-refractivity contribution in [3.8, 4) is 39.1 Å². The molecule has 31 heavy (non-hydrogen) atoms.